The molecule has 6 heteroatoms. The van der Waals surface area contributed by atoms with Gasteiger partial charge in [-0.1, -0.05) is 35.5 Å². The Morgan fingerprint density at radius 3 is 2.71 bits per heavy atom. The molecule has 0 saturated carbocycles. The predicted molar refractivity (Wildman–Crippen MR) is 104 cm³/mol. The van der Waals surface area contributed by atoms with Crippen LogP contribution in [0.25, 0.3) is 0 Å². The highest BCUT2D eigenvalue weighted by molar-refractivity contribution is 7.98. The summed E-state index contributed by atoms with van der Waals surface area (Å²) in [6.45, 7) is 7.85. The van der Waals surface area contributed by atoms with Crippen LogP contribution >= 0.6 is 23.4 Å². The lowest BCUT2D eigenvalue weighted by Gasteiger charge is -2.23. The third-order valence-electron chi connectivity index (χ3n) is 3.86. The average Bonchev–Trinajstić information content (AvgIpc) is 2.60. The number of rotatable bonds is 9. The molecule has 0 amide bonds. The van der Waals surface area contributed by atoms with Crippen molar-refractivity contribution in [1.82, 2.24) is 15.3 Å². The van der Waals surface area contributed by atoms with Gasteiger partial charge in [0, 0.05) is 36.4 Å². The third-order valence-corrected chi connectivity index (χ3v) is 4.66. The molecule has 2 aromatic rings. The number of anilines is 1. The quantitative estimate of drug-likeness (QED) is 0.413. The van der Waals surface area contributed by atoms with Crippen LogP contribution in [0.2, 0.25) is 5.02 Å². The lowest BCUT2D eigenvalue weighted by Crippen LogP contribution is -2.26. The summed E-state index contributed by atoms with van der Waals surface area (Å²) < 4.78 is 0. The number of aromatic nitrogens is 2. The zero-order chi connectivity index (χ0) is 17.4. The summed E-state index contributed by atoms with van der Waals surface area (Å²) in [5.41, 5.74) is 2.38. The van der Waals surface area contributed by atoms with Crippen molar-refractivity contribution in [2.24, 2.45) is 0 Å². The lowest BCUT2D eigenvalue weighted by molar-refractivity contribution is 0.674. The summed E-state index contributed by atoms with van der Waals surface area (Å²) in [6, 6.07) is 8.01. The van der Waals surface area contributed by atoms with Crippen molar-refractivity contribution in [3.8, 4) is 0 Å². The molecular formula is C18H25ClN4S. The molecule has 0 aliphatic rings. The van der Waals surface area contributed by atoms with Crippen LogP contribution in [0, 0.1) is 0 Å². The van der Waals surface area contributed by atoms with Crippen LogP contribution in [-0.4, -0.2) is 35.9 Å². The van der Waals surface area contributed by atoms with E-state index in [0.29, 0.717) is 0 Å². The highest BCUT2D eigenvalue weighted by Gasteiger charge is 2.12. The number of hydrogen-bond acceptors (Lipinski definition) is 5. The van der Waals surface area contributed by atoms with Crippen LogP contribution < -0.4 is 10.2 Å². The monoisotopic (exact) mass is 364 g/mol. The smallest absolute Gasteiger partial charge is 0.189 e. The van der Waals surface area contributed by atoms with Crippen molar-refractivity contribution in [3.05, 3.63) is 46.6 Å². The minimum atomic E-state index is 0.765. The van der Waals surface area contributed by atoms with Gasteiger partial charge in [-0.25, -0.2) is 9.97 Å². The zero-order valence-electron chi connectivity index (χ0n) is 14.6. The Bertz CT molecular complexity index is 647. The molecule has 1 aromatic heterocycles. The van der Waals surface area contributed by atoms with E-state index in [9.17, 15) is 0 Å². The molecule has 1 aromatic carbocycles. The summed E-state index contributed by atoms with van der Waals surface area (Å²) in [5, 5.41) is 5.10. The van der Waals surface area contributed by atoms with Crippen molar-refractivity contribution in [2.75, 3.05) is 30.8 Å². The maximum absolute atomic E-state index is 6.03. The molecule has 2 rings (SSSR count). The zero-order valence-corrected chi connectivity index (χ0v) is 16.1. The fourth-order valence-corrected chi connectivity index (χ4v) is 3.10. The number of benzene rings is 1. The first kappa shape index (κ1) is 19.0. The molecule has 0 bridgehead atoms. The van der Waals surface area contributed by atoms with Crippen LogP contribution in [0.4, 0.5) is 5.82 Å². The molecule has 0 fully saturated rings. The Kier molecular flexibility index (Phi) is 7.82. The van der Waals surface area contributed by atoms with Crippen molar-refractivity contribution in [2.45, 2.75) is 32.0 Å². The SMILES string of the molecule is CCN(CC)c1nc(SC)ncc1CNCCc1cccc(Cl)c1. The first-order chi connectivity index (χ1) is 11.7. The van der Waals surface area contributed by atoms with E-state index >= 15 is 0 Å². The molecule has 0 atom stereocenters. The largest absolute Gasteiger partial charge is 0.357 e. The second-order valence-electron chi connectivity index (χ2n) is 5.43. The van der Waals surface area contributed by atoms with Gasteiger partial charge in [0.05, 0.1) is 0 Å². The molecular weight excluding hydrogens is 340 g/mol. The topological polar surface area (TPSA) is 41.1 Å². The fourth-order valence-electron chi connectivity index (χ4n) is 2.55. The van der Waals surface area contributed by atoms with Crippen LogP contribution in [0.1, 0.15) is 25.0 Å². The number of hydrogen-bond donors (Lipinski definition) is 1. The van der Waals surface area contributed by atoms with Gasteiger partial charge in [-0.2, -0.15) is 0 Å². The van der Waals surface area contributed by atoms with Gasteiger partial charge in [0.25, 0.3) is 0 Å². The molecule has 130 valence electrons. The molecule has 0 saturated heterocycles. The van der Waals surface area contributed by atoms with E-state index in [0.717, 1.165) is 54.2 Å². The Labute approximate surface area is 154 Å². The van der Waals surface area contributed by atoms with Crippen LogP contribution in [0.15, 0.2) is 35.6 Å². The molecule has 1 N–H and O–H groups in total. The Hall–Kier alpha value is -1.30. The van der Waals surface area contributed by atoms with Gasteiger partial charge in [-0.15, -0.1) is 0 Å². The average molecular weight is 365 g/mol. The highest BCUT2D eigenvalue weighted by Crippen LogP contribution is 2.20. The van der Waals surface area contributed by atoms with E-state index < -0.39 is 0 Å². The van der Waals surface area contributed by atoms with Gasteiger partial charge in [0.2, 0.25) is 0 Å². The summed E-state index contributed by atoms with van der Waals surface area (Å²) >= 11 is 7.60. The van der Waals surface area contributed by atoms with Crippen molar-refractivity contribution in [1.29, 1.82) is 0 Å². The van der Waals surface area contributed by atoms with Crippen LogP contribution in [-0.2, 0) is 13.0 Å². The van der Waals surface area contributed by atoms with Crippen molar-refractivity contribution < 1.29 is 0 Å². The Morgan fingerprint density at radius 2 is 2.04 bits per heavy atom. The van der Waals surface area contributed by atoms with Crippen LogP contribution in [0.3, 0.4) is 0 Å². The number of thioether (sulfide) groups is 1. The minimum Gasteiger partial charge on any atom is -0.357 e. The summed E-state index contributed by atoms with van der Waals surface area (Å²) in [7, 11) is 0. The standard InChI is InChI=1S/C18H25ClN4S/c1-4-23(5-2)17-15(13-21-18(22-17)24-3)12-20-10-9-14-7-6-8-16(19)11-14/h6-8,11,13,20H,4-5,9-10,12H2,1-3H3. The van der Waals surface area contributed by atoms with Crippen LogP contribution in [0.5, 0.6) is 0 Å². The summed E-state index contributed by atoms with van der Waals surface area (Å²) in [6.07, 6.45) is 4.90. The summed E-state index contributed by atoms with van der Waals surface area (Å²) in [5.74, 6) is 1.04. The van der Waals surface area contributed by atoms with E-state index in [4.69, 9.17) is 16.6 Å². The minimum absolute atomic E-state index is 0.765. The Balaban J connectivity index is 1.98. The van der Waals surface area contributed by atoms with E-state index in [2.05, 4.69) is 35.1 Å². The molecule has 1 heterocycles. The van der Waals surface area contributed by atoms with Gasteiger partial charge in [0.1, 0.15) is 5.82 Å². The molecule has 0 aliphatic heterocycles. The molecule has 0 spiro atoms. The summed E-state index contributed by atoms with van der Waals surface area (Å²) in [4.78, 5) is 11.4. The first-order valence-electron chi connectivity index (χ1n) is 8.27. The van der Waals surface area contributed by atoms with Gasteiger partial charge in [-0.3, -0.25) is 0 Å². The van der Waals surface area contributed by atoms with Crippen molar-refractivity contribution in [3.63, 3.8) is 0 Å². The van der Waals surface area contributed by atoms with E-state index in [1.165, 1.54) is 5.56 Å². The first-order valence-corrected chi connectivity index (χ1v) is 9.88. The maximum atomic E-state index is 6.03. The molecule has 0 unspecified atom stereocenters. The van der Waals surface area contributed by atoms with E-state index in [-0.39, 0.29) is 0 Å². The van der Waals surface area contributed by atoms with Crippen molar-refractivity contribution >= 4 is 29.2 Å². The normalized spacial score (nSPS) is 10.8. The molecule has 4 nitrogen and oxygen atoms in total. The second-order valence-corrected chi connectivity index (χ2v) is 6.64. The molecule has 0 aliphatic carbocycles. The molecule has 0 radical (unpaired) electrons. The van der Waals surface area contributed by atoms with E-state index in [1.54, 1.807) is 11.8 Å². The number of halogens is 1. The molecule has 24 heavy (non-hydrogen) atoms. The maximum Gasteiger partial charge on any atom is 0.189 e. The lowest BCUT2D eigenvalue weighted by atomic mass is 10.1. The van der Waals surface area contributed by atoms with Gasteiger partial charge < -0.3 is 10.2 Å². The van der Waals surface area contributed by atoms with E-state index in [1.807, 2.05) is 30.7 Å². The van der Waals surface area contributed by atoms with Gasteiger partial charge in [-0.05, 0) is 50.8 Å². The predicted octanol–water partition coefficient (Wildman–Crippen LogP) is 4.03. The second kappa shape index (κ2) is 9.87. The third kappa shape index (κ3) is 5.36. The Morgan fingerprint density at radius 1 is 1.25 bits per heavy atom. The fraction of sp³-hybridized carbons (Fsp3) is 0.444. The number of nitrogens with one attached hydrogen (secondary N) is 1. The van der Waals surface area contributed by atoms with Gasteiger partial charge in [0.15, 0.2) is 5.16 Å². The highest BCUT2D eigenvalue weighted by atomic mass is 35.5. The van der Waals surface area contributed by atoms with Gasteiger partial charge >= 0.3 is 0 Å². The number of nitrogens with zero attached hydrogens (tertiary/aromatic N) is 3.